The van der Waals surface area contributed by atoms with Crippen molar-refractivity contribution in [3.63, 3.8) is 0 Å². The van der Waals surface area contributed by atoms with Gasteiger partial charge in [0.2, 0.25) is 0 Å². The summed E-state index contributed by atoms with van der Waals surface area (Å²) in [5.41, 5.74) is 1.21. The first-order valence-electron chi connectivity index (χ1n) is 5.44. The molecule has 0 bridgehead atoms. The highest BCUT2D eigenvalue weighted by molar-refractivity contribution is 9.10. The lowest BCUT2D eigenvalue weighted by molar-refractivity contribution is 0.282. The van der Waals surface area contributed by atoms with E-state index >= 15 is 0 Å². The van der Waals surface area contributed by atoms with E-state index in [1.54, 1.807) is 0 Å². The lowest BCUT2D eigenvalue weighted by Gasteiger charge is -2.32. The van der Waals surface area contributed by atoms with E-state index in [4.69, 9.17) is 5.11 Å². The molecule has 1 aliphatic rings. The van der Waals surface area contributed by atoms with Crippen LogP contribution in [0.4, 0.5) is 5.82 Å². The summed E-state index contributed by atoms with van der Waals surface area (Å²) in [4.78, 5) is 6.66. The molecule has 16 heavy (non-hydrogen) atoms. The number of anilines is 1. The lowest BCUT2D eigenvalue weighted by atomic mass is 10.00. The molecule has 1 aromatic rings. The van der Waals surface area contributed by atoms with Gasteiger partial charge in [-0.2, -0.15) is 0 Å². The molecule has 0 amide bonds. The number of hydrogen-bond acceptors (Lipinski definition) is 4. The van der Waals surface area contributed by atoms with Gasteiger partial charge in [0.05, 0.1) is 6.61 Å². The van der Waals surface area contributed by atoms with Gasteiger partial charge in [-0.25, -0.2) is 4.98 Å². The lowest BCUT2D eigenvalue weighted by Crippen LogP contribution is -2.35. The molecule has 0 saturated heterocycles. The van der Waals surface area contributed by atoms with Crippen LogP contribution in [0.1, 0.15) is 18.0 Å². The Hall–Kier alpha value is -0.650. The first-order valence-corrected chi connectivity index (χ1v) is 6.23. The molecule has 2 N–H and O–H groups in total. The number of aliphatic hydroxyl groups excluding tert-OH is 1. The Morgan fingerprint density at radius 1 is 1.62 bits per heavy atom. The van der Waals surface area contributed by atoms with Crippen LogP contribution < -0.4 is 10.2 Å². The molecule has 5 heteroatoms. The molecule has 0 aromatic carbocycles. The number of pyridine rings is 1. The number of aliphatic hydroxyl groups is 1. The van der Waals surface area contributed by atoms with E-state index in [0.717, 1.165) is 23.4 Å². The van der Waals surface area contributed by atoms with Crippen molar-refractivity contribution in [2.45, 2.75) is 12.5 Å². The van der Waals surface area contributed by atoms with Crippen LogP contribution in [-0.4, -0.2) is 36.8 Å². The van der Waals surface area contributed by atoms with Crippen molar-refractivity contribution < 1.29 is 5.11 Å². The fourth-order valence-electron chi connectivity index (χ4n) is 2.05. The molecule has 1 aliphatic heterocycles. The van der Waals surface area contributed by atoms with Gasteiger partial charge in [-0.3, -0.25) is 0 Å². The second-order valence-corrected chi connectivity index (χ2v) is 4.80. The summed E-state index contributed by atoms with van der Waals surface area (Å²) in [6.07, 6.45) is 1.05. The first-order chi connectivity index (χ1) is 7.72. The van der Waals surface area contributed by atoms with Gasteiger partial charge < -0.3 is 15.3 Å². The van der Waals surface area contributed by atoms with Crippen LogP contribution in [0.15, 0.2) is 16.7 Å². The van der Waals surface area contributed by atoms with Crippen LogP contribution in [0.3, 0.4) is 0 Å². The fourth-order valence-corrected chi connectivity index (χ4v) is 2.35. The molecule has 0 radical (unpaired) electrons. The monoisotopic (exact) mass is 285 g/mol. The minimum absolute atomic E-state index is 0.172. The number of hydrogen-bond donors (Lipinski definition) is 2. The summed E-state index contributed by atoms with van der Waals surface area (Å²) in [5.74, 6) is 1.02. The molecule has 88 valence electrons. The number of nitrogens with zero attached hydrogens (tertiary/aromatic N) is 2. The molecule has 4 nitrogen and oxygen atoms in total. The van der Waals surface area contributed by atoms with Crippen molar-refractivity contribution in [3.05, 3.63) is 22.3 Å². The summed E-state index contributed by atoms with van der Waals surface area (Å²) in [6, 6.07) is 4.36. The summed E-state index contributed by atoms with van der Waals surface area (Å²) >= 11 is 3.39. The Kier molecular flexibility index (Phi) is 3.78. The molecule has 0 fully saturated rings. The van der Waals surface area contributed by atoms with Gasteiger partial charge in [0, 0.05) is 31.7 Å². The maximum atomic E-state index is 8.84. The van der Waals surface area contributed by atoms with Crippen LogP contribution in [0, 0.1) is 0 Å². The highest BCUT2D eigenvalue weighted by atomic mass is 79.9. The van der Waals surface area contributed by atoms with Gasteiger partial charge in [0.15, 0.2) is 0 Å². The van der Waals surface area contributed by atoms with Gasteiger partial charge in [0.1, 0.15) is 10.4 Å². The Morgan fingerprint density at radius 3 is 3.19 bits per heavy atom. The molecular formula is C11H16BrN3O. The van der Waals surface area contributed by atoms with Crippen molar-refractivity contribution >= 4 is 21.7 Å². The predicted octanol–water partition coefficient (Wildman–Crippen LogP) is 1.31. The largest absolute Gasteiger partial charge is 0.395 e. The van der Waals surface area contributed by atoms with Crippen molar-refractivity contribution in [3.8, 4) is 0 Å². The van der Waals surface area contributed by atoms with E-state index in [1.807, 2.05) is 6.07 Å². The van der Waals surface area contributed by atoms with Crippen LogP contribution in [0.25, 0.3) is 0 Å². The van der Waals surface area contributed by atoms with E-state index in [-0.39, 0.29) is 6.61 Å². The molecule has 0 spiro atoms. The second-order valence-electron chi connectivity index (χ2n) is 3.99. The number of nitrogens with one attached hydrogen (secondary N) is 1. The molecule has 1 unspecified atom stereocenters. The zero-order valence-electron chi connectivity index (χ0n) is 9.28. The number of aromatic nitrogens is 1. The van der Waals surface area contributed by atoms with Gasteiger partial charge in [0.25, 0.3) is 0 Å². The van der Waals surface area contributed by atoms with E-state index in [9.17, 15) is 0 Å². The molecule has 2 rings (SSSR count). The quantitative estimate of drug-likeness (QED) is 0.823. The maximum absolute atomic E-state index is 8.84. The van der Waals surface area contributed by atoms with Gasteiger partial charge in [-0.05, 0) is 28.4 Å². The average Bonchev–Trinajstić information content (AvgIpc) is 2.29. The molecule has 1 atom stereocenters. The second kappa shape index (κ2) is 5.12. The summed E-state index contributed by atoms with van der Waals surface area (Å²) in [7, 11) is 2.06. The first kappa shape index (κ1) is 11.8. The Bertz CT molecular complexity index is 372. The minimum atomic E-state index is 0.172. The third-order valence-electron chi connectivity index (χ3n) is 2.86. The molecule has 0 saturated carbocycles. The van der Waals surface area contributed by atoms with E-state index in [0.29, 0.717) is 12.6 Å². The zero-order valence-corrected chi connectivity index (χ0v) is 10.9. The van der Waals surface area contributed by atoms with Gasteiger partial charge in [-0.15, -0.1) is 0 Å². The molecule has 2 heterocycles. The minimum Gasteiger partial charge on any atom is -0.395 e. The van der Waals surface area contributed by atoms with E-state index < -0.39 is 0 Å². The van der Waals surface area contributed by atoms with Crippen LogP contribution >= 0.6 is 15.9 Å². The Morgan fingerprint density at radius 2 is 2.44 bits per heavy atom. The third-order valence-corrected chi connectivity index (χ3v) is 3.31. The summed E-state index contributed by atoms with van der Waals surface area (Å²) < 4.78 is 0.862. The topological polar surface area (TPSA) is 48.4 Å². The highest BCUT2D eigenvalue weighted by Crippen LogP contribution is 2.32. The smallest absolute Gasteiger partial charge is 0.134 e. The predicted molar refractivity (Wildman–Crippen MR) is 67.7 cm³/mol. The summed E-state index contributed by atoms with van der Waals surface area (Å²) in [6.45, 7) is 1.79. The Balaban J connectivity index is 2.25. The van der Waals surface area contributed by atoms with Crippen LogP contribution in [-0.2, 0) is 0 Å². The number of rotatable bonds is 3. The van der Waals surface area contributed by atoms with Crippen molar-refractivity contribution in [1.82, 2.24) is 10.3 Å². The van der Waals surface area contributed by atoms with Gasteiger partial charge in [-0.1, -0.05) is 6.07 Å². The van der Waals surface area contributed by atoms with E-state index in [1.165, 1.54) is 5.56 Å². The Labute approximate surface area is 104 Å². The molecule has 1 aromatic heterocycles. The van der Waals surface area contributed by atoms with Crippen molar-refractivity contribution in [2.24, 2.45) is 0 Å². The van der Waals surface area contributed by atoms with Crippen LogP contribution in [0.2, 0.25) is 0 Å². The van der Waals surface area contributed by atoms with E-state index in [2.05, 4.69) is 44.2 Å². The van der Waals surface area contributed by atoms with Gasteiger partial charge >= 0.3 is 0 Å². The van der Waals surface area contributed by atoms with Crippen LogP contribution in [0.5, 0.6) is 0 Å². The molecular weight excluding hydrogens is 270 g/mol. The summed E-state index contributed by atoms with van der Waals surface area (Å²) in [5, 5.41) is 12.2. The number of fused-ring (bicyclic) bond motifs is 1. The highest BCUT2D eigenvalue weighted by Gasteiger charge is 2.23. The average molecular weight is 286 g/mol. The number of halogens is 1. The standard InChI is InChI=1S/C11H16BrN3O/c1-15-6-4-9(13-5-7-16)8-2-3-10(12)14-11(8)15/h2-3,9,13,16H,4-7H2,1H3. The fraction of sp³-hybridized carbons (Fsp3) is 0.545. The third kappa shape index (κ3) is 2.36. The maximum Gasteiger partial charge on any atom is 0.134 e. The zero-order chi connectivity index (χ0) is 11.5. The van der Waals surface area contributed by atoms with Crippen molar-refractivity contribution in [2.75, 3.05) is 31.6 Å². The normalized spacial score (nSPS) is 19.7. The van der Waals surface area contributed by atoms with Crippen molar-refractivity contribution in [1.29, 1.82) is 0 Å². The molecule has 0 aliphatic carbocycles. The SMILES string of the molecule is CN1CCC(NCCO)c2ccc(Br)nc21.